The molecule has 0 saturated carbocycles. The fourth-order valence-electron chi connectivity index (χ4n) is 0.700. The van der Waals surface area contributed by atoms with E-state index in [0.29, 0.717) is 0 Å². The standard InChI is InChI=1S/C7H11NO2/c1-7(2,3)6-8-4-5(9)10-6/h4,6H,1-3H3. The third-order valence-corrected chi connectivity index (χ3v) is 1.28. The van der Waals surface area contributed by atoms with Crippen LogP contribution in [-0.4, -0.2) is 18.4 Å². The van der Waals surface area contributed by atoms with Gasteiger partial charge in [0.15, 0.2) is 6.23 Å². The Morgan fingerprint density at radius 3 is 2.40 bits per heavy atom. The van der Waals surface area contributed by atoms with Crippen molar-refractivity contribution in [3.05, 3.63) is 0 Å². The van der Waals surface area contributed by atoms with Crippen molar-refractivity contribution < 1.29 is 9.53 Å². The van der Waals surface area contributed by atoms with Gasteiger partial charge >= 0.3 is 5.97 Å². The van der Waals surface area contributed by atoms with Crippen LogP contribution in [0.2, 0.25) is 0 Å². The van der Waals surface area contributed by atoms with E-state index in [0.717, 1.165) is 0 Å². The zero-order chi connectivity index (χ0) is 7.78. The summed E-state index contributed by atoms with van der Waals surface area (Å²) in [5.74, 6) is -0.333. The van der Waals surface area contributed by atoms with Gasteiger partial charge in [-0.15, -0.1) is 0 Å². The molecule has 1 aliphatic heterocycles. The molecular weight excluding hydrogens is 130 g/mol. The molecule has 1 atom stereocenters. The van der Waals surface area contributed by atoms with Crippen molar-refractivity contribution in [2.24, 2.45) is 10.4 Å². The van der Waals surface area contributed by atoms with Gasteiger partial charge in [-0.25, -0.2) is 9.79 Å². The average molecular weight is 141 g/mol. The second-order valence-corrected chi connectivity index (χ2v) is 3.43. The van der Waals surface area contributed by atoms with Crippen molar-refractivity contribution in [1.82, 2.24) is 0 Å². The van der Waals surface area contributed by atoms with Gasteiger partial charge in [-0.2, -0.15) is 0 Å². The molecule has 0 radical (unpaired) electrons. The highest BCUT2D eigenvalue weighted by Crippen LogP contribution is 2.24. The maximum Gasteiger partial charge on any atom is 0.351 e. The molecule has 0 bridgehead atoms. The molecule has 10 heavy (non-hydrogen) atoms. The summed E-state index contributed by atoms with van der Waals surface area (Å²) >= 11 is 0. The van der Waals surface area contributed by atoms with Crippen LogP contribution in [0.4, 0.5) is 0 Å². The lowest BCUT2D eigenvalue weighted by Crippen LogP contribution is -2.25. The summed E-state index contributed by atoms with van der Waals surface area (Å²) in [5.41, 5.74) is -0.0807. The van der Waals surface area contributed by atoms with Crippen LogP contribution in [0.15, 0.2) is 4.99 Å². The average Bonchev–Trinajstić information content (AvgIpc) is 2.11. The molecule has 1 rings (SSSR count). The summed E-state index contributed by atoms with van der Waals surface area (Å²) in [6, 6.07) is 0. The minimum absolute atomic E-state index is 0.0807. The molecular formula is C7H11NO2. The Balaban J connectivity index is 2.63. The molecule has 3 nitrogen and oxygen atoms in total. The van der Waals surface area contributed by atoms with Crippen molar-refractivity contribution in [3.63, 3.8) is 0 Å². The number of esters is 1. The molecule has 1 unspecified atom stereocenters. The van der Waals surface area contributed by atoms with Crippen LogP contribution >= 0.6 is 0 Å². The van der Waals surface area contributed by atoms with Crippen LogP contribution in [0.3, 0.4) is 0 Å². The molecule has 0 N–H and O–H groups in total. The summed E-state index contributed by atoms with van der Waals surface area (Å²) in [6.07, 6.45) is 0.940. The molecule has 1 heterocycles. The minimum atomic E-state index is -0.333. The number of carbonyl (C=O) groups excluding carboxylic acids is 1. The third kappa shape index (κ3) is 1.35. The van der Waals surface area contributed by atoms with Crippen molar-refractivity contribution in [2.45, 2.75) is 27.0 Å². The fourth-order valence-corrected chi connectivity index (χ4v) is 0.700. The topological polar surface area (TPSA) is 38.7 Å². The van der Waals surface area contributed by atoms with Gasteiger partial charge in [0.1, 0.15) is 6.21 Å². The van der Waals surface area contributed by atoms with Crippen LogP contribution < -0.4 is 0 Å². The molecule has 0 aromatic rings. The number of aliphatic imine (C=N–C) groups is 1. The molecule has 56 valence electrons. The number of nitrogens with zero attached hydrogens (tertiary/aromatic N) is 1. The maximum atomic E-state index is 10.5. The molecule has 3 heteroatoms. The Kier molecular flexibility index (Phi) is 1.50. The summed E-state index contributed by atoms with van der Waals surface area (Å²) in [6.45, 7) is 5.94. The first-order valence-electron chi connectivity index (χ1n) is 3.24. The van der Waals surface area contributed by atoms with E-state index in [1.54, 1.807) is 0 Å². The molecule has 0 aliphatic carbocycles. The van der Waals surface area contributed by atoms with Gasteiger partial charge in [0.05, 0.1) is 0 Å². The van der Waals surface area contributed by atoms with Crippen LogP contribution in [0, 0.1) is 5.41 Å². The number of hydrogen-bond donors (Lipinski definition) is 0. The van der Waals surface area contributed by atoms with Gasteiger partial charge in [-0.05, 0) is 0 Å². The van der Waals surface area contributed by atoms with Crippen LogP contribution in [-0.2, 0) is 9.53 Å². The molecule has 0 amide bonds. The van der Waals surface area contributed by atoms with E-state index in [4.69, 9.17) is 4.74 Å². The highest BCUT2D eigenvalue weighted by atomic mass is 16.6. The smallest absolute Gasteiger partial charge is 0.351 e. The highest BCUT2D eigenvalue weighted by molar-refractivity contribution is 6.24. The van der Waals surface area contributed by atoms with E-state index in [-0.39, 0.29) is 17.6 Å². The minimum Gasteiger partial charge on any atom is -0.435 e. The second-order valence-electron chi connectivity index (χ2n) is 3.43. The number of ether oxygens (including phenoxy) is 1. The van der Waals surface area contributed by atoms with Crippen molar-refractivity contribution in [1.29, 1.82) is 0 Å². The van der Waals surface area contributed by atoms with E-state index in [1.807, 2.05) is 20.8 Å². The normalized spacial score (nSPS) is 25.1. The molecule has 1 aliphatic rings. The lowest BCUT2D eigenvalue weighted by Gasteiger charge is -2.22. The van der Waals surface area contributed by atoms with Crippen LogP contribution in [0.1, 0.15) is 20.8 Å². The first-order chi connectivity index (χ1) is 4.50. The van der Waals surface area contributed by atoms with Crippen LogP contribution in [0.5, 0.6) is 0 Å². The van der Waals surface area contributed by atoms with E-state index in [1.165, 1.54) is 6.21 Å². The summed E-state index contributed by atoms with van der Waals surface area (Å²) in [7, 11) is 0. The van der Waals surface area contributed by atoms with Gasteiger partial charge in [-0.3, -0.25) is 0 Å². The molecule has 0 aromatic carbocycles. The van der Waals surface area contributed by atoms with E-state index in [2.05, 4.69) is 4.99 Å². The lowest BCUT2D eigenvalue weighted by molar-refractivity contribution is -0.141. The Hall–Kier alpha value is -0.860. The zero-order valence-electron chi connectivity index (χ0n) is 6.42. The molecule has 0 spiro atoms. The monoisotopic (exact) mass is 141 g/mol. The van der Waals surface area contributed by atoms with Crippen LogP contribution in [0.25, 0.3) is 0 Å². The maximum absolute atomic E-state index is 10.5. The predicted molar refractivity (Wildman–Crippen MR) is 37.8 cm³/mol. The second kappa shape index (κ2) is 2.08. The number of cyclic esters (lactones) is 1. The molecule has 0 aromatic heterocycles. The number of rotatable bonds is 0. The fraction of sp³-hybridized carbons (Fsp3) is 0.714. The molecule has 0 saturated heterocycles. The van der Waals surface area contributed by atoms with Crippen molar-refractivity contribution in [2.75, 3.05) is 0 Å². The van der Waals surface area contributed by atoms with E-state index < -0.39 is 0 Å². The first-order valence-corrected chi connectivity index (χ1v) is 3.24. The summed E-state index contributed by atoms with van der Waals surface area (Å²) in [5, 5.41) is 0. The molecule has 0 fully saturated rings. The Bertz CT molecular complexity index is 179. The highest BCUT2D eigenvalue weighted by Gasteiger charge is 2.30. The van der Waals surface area contributed by atoms with Gasteiger partial charge < -0.3 is 4.74 Å². The van der Waals surface area contributed by atoms with Gasteiger partial charge in [-0.1, -0.05) is 20.8 Å². The van der Waals surface area contributed by atoms with E-state index >= 15 is 0 Å². The largest absolute Gasteiger partial charge is 0.435 e. The Morgan fingerprint density at radius 2 is 2.20 bits per heavy atom. The first kappa shape index (κ1) is 7.25. The van der Waals surface area contributed by atoms with Crippen molar-refractivity contribution >= 4 is 12.2 Å². The summed E-state index contributed by atoms with van der Waals surface area (Å²) in [4.78, 5) is 14.4. The van der Waals surface area contributed by atoms with Gasteiger partial charge in [0, 0.05) is 5.41 Å². The predicted octanol–water partition coefficient (Wildman–Crippen LogP) is 0.986. The quantitative estimate of drug-likeness (QED) is 0.472. The zero-order valence-corrected chi connectivity index (χ0v) is 6.42. The Morgan fingerprint density at radius 1 is 1.60 bits per heavy atom. The number of carbonyl (C=O) groups is 1. The van der Waals surface area contributed by atoms with Gasteiger partial charge in [0.25, 0.3) is 0 Å². The Labute approximate surface area is 60.1 Å². The SMILES string of the molecule is CC(C)(C)C1N=CC(=O)O1. The lowest BCUT2D eigenvalue weighted by atomic mass is 9.95. The third-order valence-electron chi connectivity index (χ3n) is 1.28. The van der Waals surface area contributed by atoms with E-state index in [9.17, 15) is 4.79 Å². The number of hydrogen-bond acceptors (Lipinski definition) is 3. The summed E-state index contributed by atoms with van der Waals surface area (Å²) < 4.78 is 4.86. The van der Waals surface area contributed by atoms with Gasteiger partial charge in [0.2, 0.25) is 0 Å². The van der Waals surface area contributed by atoms with Crippen molar-refractivity contribution in [3.8, 4) is 0 Å².